The highest BCUT2D eigenvalue weighted by Crippen LogP contribution is 2.17. The number of rotatable bonds is 7. The van der Waals surface area contributed by atoms with E-state index < -0.39 is 0 Å². The molecule has 0 amide bonds. The van der Waals surface area contributed by atoms with E-state index in [4.69, 9.17) is 10.5 Å². The number of hydrazine groups is 1. The molecule has 1 fully saturated rings. The van der Waals surface area contributed by atoms with E-state index >= 15 is 0 Å². The van der Waals surface area contributed by atoms with Crippen molar-refractivity contribution < 1.29 is 4.74 Å². The monoisotopic (exact) mass is 281 g/mol. The van der Waals surface area contributed by atoms with Crippen LogP contribution in [0.5, 0.6) is 0 Å². The average molecular weight is 281 g/mol. The number of morpholine rings is 1. The Morgan fingerprint density at radius 3 is 2.74 bits per heavy atom. The summed E-state index contributed by atoms with van der Waals surface area (Å²) in [5, 5.41) is 2.22. The van der Waals surface area contributed by atoms with E-state index in [1.807, 2.05) is 17.8 Å². The zero-order chi connectivity index (χ0) is 13.3. The van der Waals surface area contributed by atoms with Gasteiger partial charge in [0.25, 0.3) is 0 Å². The summed E-state index contributed by atoms with van der Waals surface area (Å²) in [6, 6.07) is 10.7. The van der Waals surface area contributed by atoms with Crippen LogP contribution >= 0.6 is 11.8 Å². The SMILES string of the molecule is NC(CCNN1CCOCC1)CSc1ccccc1. The summed E-state index contributed by atoms with van der Waals surface area (Å²) in [7, 11) is 0. The number of thioether (sulfide) groups is 1. The van der Waals surface area contributed by atoms with Crippen LogP contribution in [-0.2, 0) is 4.74 Å². The zero-order valence-corrected chi connectivity index (χ0v) is 12.1. The van der Waals surface area contributed by atoms with Crippen molar-refractivity contribution in [3.63, 3.8) is 0 Å². The molecule has 3 N–H and O–H groups in total. The Morgan fingerprint density at radius 2 is 2.00 bits per heavy atom. The molecule has 19 heavy (non-hydrogen) atoms. The molecule has 1 aromatic carbocycles. The predicted octanol–water partition coefficient (Wildman–Crippen LogP) is 1.33. The van der Waals surface area contributed by atoms with E-state index in [1.165, 1.54) is 4.90 Å². The Kier molecular flexibility index (Phi) is 6.67. The second kappa shape index (κ2) is 8.55. The van der Waals surface area contributed by atoms with E-state index in [0.717, 1.165) is 45.0 Å². The van der Waals surface area contributed by atoms with Gasteiger partial charge in [-0.1, -0.05) is 18.2 Å². The normalized spacial score (nSPS) is 18.4. The van der Waals surface area contributed by atoms with Crippen LogP contribution in [0.15, 0.2) is 35.2 Å². The first kappa shape index (κ1) is 14.8. The molecule has 4 nitrogen and oxygen atoms in total. The zero-order valence-electron chi connectivity index (χ0n) is 11.3. The summed E-state index contributed by atoms with van der Waals surface area (Å²) >= 11 is 1.83. The highest BCUT2D eigenvalue weighted by atomic mass is 32.2. The third-order valence-corrected chi connectivity index (χ3v) is 4.27. The van der Waals surface area contributed by atoms with E-state index in [1.54, 1.807) is 0 Å². The minimum atomic E-state index is 0.235. The van der Waals surface area contributed by atoms with Gasteiger partial charge in [0.2, 0.25) is 0 Å². The Bertz CT molecular complexity index is 344. The lowest BCUT2D eigenvalue weighted by Gasteiger charge is -2.27. The van der Waals surface area contributed by atoms with Crippen molar-refractivity contribution in [2.24, 2.45) is 5.73 Å². The molecular formula is C14H23N3OS. The van der Waals surface area contributed by atoms with Crippen molar-refractivity contribution in [3.8, 4) is 0 Å². The Labute approximate surface area is 119 Å². The first-order valence-electron chi connectivity index (χ1n) is 6.84. The second-order valence-electron chi connectivity index (χ2n) is 4.68. The summed E-state index contributed by atoms with van der Waals surface area (Å²) in [4.78, 5) is 1.29. The number of nitrogens with one attached hydrogen (secondary N) is 1. The van der Waals surface area contributed by atoms with Crippen LogP contribution in [0.3, 0.4) is 0 Å². The molecule has 106 valence electrons. The van der Waals surface area contributed by atoms with Crippen LogP contribution in [0, 0.1) is 0 Å². The van der Waals surface area contributed by atoms with Gasteiger partial charge in [-0.25, -0.2) is 5.01 Å². The molecule has 1 aliphatic rings. The van der Waals surface area contributed by atoms with Gasteiger partial charge in [0, 0.05) is 36.3 Å². The molecule has 0 bridgehead atoms. The van der Waals surface area contributed by atoms with Crippen LogP contribution in [0.2, 0.25) is 0 Å². The largest absolute Gasteiger partial charge is 0.379 e. The molecule has 5 heteroatoms. The van der Waals surface area contributed by atoms with Crippen molar-refractivity contribution in [1.82, 2.24) is 10.4 Å². The van der Waals surface area contributed by atoms with Crippen LogP contribution in [-0.4, -0.2) is 49.7 Å². The van der Waals surface area contributed by atoms with Gasteiger partial charge in [-0.3, -0.25) is 5.43 Å². The summed E-state index contributed by atoms with van der Waals surface area (Å²) < 4.78 is 5.30. The van der Waals surface area contributed by atoms with Gasteiger partial charge in [0.05, 0.1) is 13.2 Å². The highest BCUT2D eigenvalue weighted by Gasteiger charge is 2.10. The van der Waals surface area contributed by atoms with Gasteiger partial charge in [-0.05, 0) is 18.6 Å². The van der Waals surface area contributed by atoms with Crippen LogP contribution in [0.4, 0.5) is 0 Å². The highest BCUT2D eigenvalue weighted by molar-refractivity contribution is 7.99. The second-order valence-corrected chi connectivity index (χ2v) is 5.77. The summed E-state index contributed by atoms with van der Waals surface area (Å²) in [6.07, 6.45) is 0.997. The van der Waals surface area contributed by atoms with Gasteiger partial charge in [-0.15, -0.1) is 11.8 Å². The lowest BCUT2D eigenvalue weighted by atomic mass is 10.2. The van der Waals surface area contributed by atoms with Gasteiger partial charge < -0.3 is 10.5 Å². The van der Waals surface area contributed by atoms with Gasteiger partial charge in [-0.2, -0.15) is 0 Å². The van der Waals surface area contributed by atoms with E-state index in [9.17, 15) is 0 Å². The molecule has 2 rings (SSSR count). The molecule has 1 aromatic rings. The standard InChI is InChI=1S/C14H23N3OS/c15-13(12-19-14-4-2-1-3-5-14)6-7-16-17-8-10-18-11-9-17/h1-5,13,16H,6-12,15H2. The van der Waals surface area contributed by atoms with Gasteiger partial charge >= 0.3 is 0 Å². The first-order chi connectivity index (χ1) is 9.34. The maximum Gasteiger partial charge on any atom is 0.0608 e. The molecule has 0 saturated carbocycles. The molecule has 1 saturated heterocycles. The summed E-state index contributed by atoms with van der Waals surface area (Å²) in [5.74, 6) is 0.967. The van der Waals surface area contributed by atoms with Crippen LogP contribution < -0.4 is 11.2 Å². The lowest BCUT2D eigenvalue weighted by molar-refractivity contribution is 0.0118. The average Bonchev–Trinajstić information content (AvgIpc) is 2.47. The van der Waals surface area contributed by atoms with Crippen molar-refractivity contribution in [3.05, 3.63) is 30.3 Å². The summed E-state index contributed by atoms with van der Waals surface area (Å²) in [5.41, 5.74) is 9.55. The fourth-order valence-electron chi connectivity index (χ4n) is 1.93. The van der Waals surface area contributed by atoms with E-state index in [-0.39, 0.29) is 6.04 Å². The van der Waals surface area contributed by atoms with Gasteiger partial charge in [0.15, 0.2) is 0 Å². The fraction of sp³-hybridized carbons (Fsp3) is 0.571. The molecular weight excluding hydrogens is 258 g/mol. The Morgan fingerprint density at radius 1 is 1.26 bits per heavy atom. The maximum absolute atomic E-state index is 6.13. The molecule has 1 heterocycles. The van der Waals surface area contributed by atoms with E-state index in [0.29, 0.717) is 0 Å². The summed E-state index contributed by atoms with van der Waals surface area (Å²) in [6.45, 7) is 4.52. The Balaban J connectivity index is 1.55. The first-order valence-corrected chi connectivity index (χ1v) is 7.83. The number of hydrogen-bond donors (Lipinski definition) is 2. The molecule has 1 atom stereocenters. The molecule has 1 aliphatic heterocycles. The lowest BCUT2D eigenvalue weighted by Crippen LogP contribution is -2.46. The number of benzene rings is 1. The van der Waals surface area contributed by atoms with E-state index in [2.05, 4.69) is 34.7 Å². The fourth-order valence-corrected chi connectivity index (χ4v) is 2.86. The van der Waals surface area contributed by atoms with Crippen LogP contribution in [0.1, 0.15) is 6.42 Å². The maximum atomic E-state index is 6.13. The van der Waals surface area contributed by atoms with Crippen molar-refractivity contribution in [1.29, 1.82) is 0 Å². The van der Waals surface area contributed by atoms with Crippen molar-refractivity contribution >= 4 is 11.8 Å². The predicted molar refractivity (Wildman–Crippen MR) is 80.2 cm³/mol. The number of ether oxygens (including phenoxy) is 1. The molecule has 0 aromatic heterocycles. The quantitative estimate of drug-likeness (QED) is 0.739. The molecule has 1 unspecified atom stereocenters. The smallest absolute Gasteiger partial charge is 0.0608 e. The minimum Gasteiger partial charge on any atom is -0.379 e. The van der Waals surface area contributed by atoms with Gasteiger partial charge in [0.1, 0.15) is 0 Å². The minimum absolute atomic E-state index is 0.235. The molecule has 0 radical (unpaired) electrons. The van der Waals surface area contributed by atoms with Crippen molar-refractivity contribution in [2.75, 3.05) is 38.6 Å². The van der Waals surface area contributed by atoms with Crippen LogP contribution in [0.25, 0.3) is 0 Å². The number of hydrogen-bond acceptors (Lipinski definition) is 5. The number of nitrogens with two attached hydrogens (primary N) is 1. The number of nitrogens with zero attached hydrogens (tertiary/aromatic N) is 1. The third-order valence-electron chi connectivity index (χ3n) is 3.07. The Hall–Kier alpha value is -0.590. The molecule has 0 spiro atoms. The molecule has 0 aliphatic carbocycles. The topological polar surface area (TPSA) is 50.5 Å². The third kappa shape index (κ3) is 5.93. The van der Waals surface area contributed by atoms with Crippen molar-refractivity contribution in [2.45, 2.75) is 17.4 Å².